The van der Waals surface area contributed by atoms with Crippen molar-refractivity contribution in [3.05, 3.63) is 24.3 Å². The Morgan fingerprint density at radius 2 is 1.33 bits per heavy atom. The lowest BCUT2D eigenvalue weighted by Crippen LogP contribution is -2.38. The summed E-state index contributed by atoms with van der Waals surface area (Å²) in [7, 11) is 0. The monoisotopic (exact) mass is 294 g/mol. The van der Waals surface area contributed by atoms with Gasteiger partial charge in [0.15, 0.2) is 0 Å². The zero-order valence-electron chi connectivity index (χ0n) is 12.6. The molecule has 5 heteroatoms. The molecule has 2 aliphatic rings. The van der Waals surface area contributed by atoms with E-state index in [0.29, 0.717) is 12.8 Å². The smallest absolute Gasteiger partial charge is 0.310 e. The lowest BCUT2D eigenvalue weighted by atomic mass is 9.79. The van der Waals surface area contributed by atoms with Gasteiger partial charge >= 0.3 is 11.9 Å². The Morgan fingerprint density at radius 3 is 1.67 bits per heavy atom. The molecule has 0 spiro atoms. The van der Waals surface area contributed by atoms with Crippen LogP contribution in [0.25, 0.3) is 0 Å². The molecule has 2 rings (SSSR count). The number of fused-ring (bicyclic) bond motifs is 1. The molecule has 0 aromatic carbocycles. The molecule has 1 aliphatic heterocycles. The van der Waals surface area contributed by atoms with Crippen LogP contribution in [0, 0.1) is 11.8 Å². The van der Waals surface area contributed by atoms with Crippen LogP contribution in [-0.4, -0.2) is 37.4 Å². The number of carbonyl (C=O) groups excluding carboxylic acids is 2. The van der Waals surface area contributed by atoms with Crippen LogP contribution in [0.1, 0.15) is 26.7 Å². The Hall–Kier alpha value is -1.62. The molecule has 0 aromatic heterocycles. The van der Waals surface area contributed by atoms with E-state index in [0.717, 1.165) is 11.1 Å². The molecule has 0 radical (unpaired) electrons. The number of epoxide rings is 1. The van der Waals surface area contributed by atoms with E-state index in [1.165, 1.54) is 0 Å². The molecule has 4 atom stereocenters. The van der Waals surface area contributed by atoms with Crippen LogP contribution in [-0.2, 0) is 23.8 Å². The van der Waals surface area contributed by atoms with Gasteiger partial charge in [-0.1, -0.05) is 13.2 Å². The Morgan fingerprint density at radius 1 is 0.952 bits per heavy atom. The quantitative estimate of drug-likeness (QED) is 0.426. The average molecular weight is 294 g/mol. The first-order chi connectivity index (χ1) is 9.88. The van der Waals surface area contributed by atoms with Crippen molar-refractivity contribution >= 4 is 11.9 Å². The van der Waals surface area contributed by atoms with Gasteiger partial charge in [-0.3, -0.25) is 9.59 Å². The van der Waals surface area contributed by atoms with E-state index in [2.05, 4.69) is 13.2 Å². The minimum atomic E-state index is -0.495. The zero-order chi connectivity index (χ0) is 15.6. The number of carbonyl (C=O) groups is 2. The second-order valence-corrected chi connectivity index (χ2v) is 6.03. The first-order valence-electron chi connectivity index (χ1n) is 7.16. The zero-order valence-corrected chi connectivity index (χ0v) is 12.6. The van der Waals surface area contributed by atoms with Gasteiger partial charge in [0, 0.05) is 0 Å². The predicted octanol–water partition coefficient (Wildman–Crippen LogP) is 2.02. The van der Waals surface area contributed by atoms with Crippen molar-refractivity contribution < 1.29 is 23.8 Å². The third kappa shape index (κ3) is 4.17. The van der Waals surface area contributed by atoms with Crippen molar-refractivity contribution in [1.82, 2.24) is 0 Å². The maximum Gasteiger partial charge on any atom is 0.310 e. The molecule has 0 amide bonds. The van der Waals surface area contributed by atoms with Gasteiger partial charge in [0.1, 0.15) is 13.2 Å². The van der Waals surface area contributed by atoms with Crippen LogP contribution < -0.4 is 0 Å². The largest absolute Gasteiger partial charge is 0.461 e. The molecule has 1 saturated carbocycles. The number of hydrogen-bond acceptors (Lipinski definition) is 5. The molecule has 0 unspecified atom stereocenters. The van der Waals surface area contributed by atoms with Crippen molar-refractivity contribution in [3.63, 3.8) is 0 Å². The summed E-state index contributed by atoms with van der Waals surface area (Å²) in [6, 6.07) is 0. The van der Waals surface area contributed by atoms with E-state index in [4.69, 9.17) is 14.2 Å². The SMILES string of the molecule is C=C(C)COC(=O)[C@H]1C[C@@H]2O[C@@H]2C[C@@H]1C(=O)OCC(=C)C. The third-order valence-electron chi connectivity index (χ3n) is 3.67. The number of esters is 2. The van der Waals surface area contributed by atoms with Crippen molar-refractivity contribution in [3.8, 4) is 0 Å². The van der Waals surface area contributed by atoms with Crippen LogP contribution >= 0.6 is 0 Å². The van der Waals surface area contributed by atoms with Crippen LogP contribution in [0.3, 0.4) is 0 Å². The number of rotatable bonds is 6. The minimum Gasteiger partial charge on any atom is -0.461 e. The van der Waals surface area contributed by atoms with Gasteiger partial charge < -0.3 is 14.2 Å². The van der Waals surface area contributed by atoms with Gasteiger partial charge in [-0.15, -0.1) is 0 Å². The summed E-state index contributed by atoms with van der Waals surface area (Å²) in [6.07, 6.45) is 1.20. The molecular weight excluding hydrogens is 272 g/mol. The highest BCUT2D eigenvalue weighted by molar-refractivity contribution is 5.82. The lowest BCUT2D eigenvalue weighted by Gasteiger charge is -2.26. The fraction of sp³-hybridized carbons (Fsp3) is 0.625. The first-order valence-corrected chi connectivity index (χ1v) is 7.16. The first kappa shape index (κ1) is 15.8. The second kappa shape index (κ2) is 6.43. The highest BCUT2D eigenvalue weighted by Gasteiger charge is 2.53. The molecular formula is C16H22O5. The van der Waals surface area contributed by atoms with Crippen molar-refractivity contribution in [2.75, 3.05) is 13.2 Å². The maximum atomic E-state index is 12.2. The van der Waals surface area contributed by atoms with Crippen molar-refractivity contribution in [2.24, 2.45) is 11.8 Å². The predicted molar refractivity (Wildman–Crippen MR) is 76.4 cm³/mol. The van der Waals surface area contributed by atoms with E-state index in [-0.39, 0.29) is 37.4 Å². The van der Waals surface area contributed by atoms with Gasteiger partial charge in [-0.05, 0) is 37.8 Å². The van der Waals surface area contributed by atoms with Crippen molar-refractivity contribution in [1.29, 1.82) is 0 Å². The molecule has 0 aromatic rings. The molecule has 0 N–H and O–H groups in total. The summed E-state index contributed by atoms with van der Waals surface area (Å²) in [4.78, 5) is 24.4. The Kier molecular flexibility index (Phi) is 4.83. The van der Waals surface area contributed by atoms with E-state index >= 15 is 0 Å². The molecule has 0 bridgehead atoms. The normalized spacial score (nSPS) is 30.0. The summed E-state index contributed by atoms with van der Waals surface area (Å²) < 4.78 is 15.8. The number of ether oxygens (including phenoxy) is 3. The standard InChI is InChI=1S/C16H22O5/c1-9(2)7-19-15(17)11-5-13-14(21-13)6-12(11)16(18)20-8-10(3)4/h11-14H,1,3,5-8H2,2,4H3/t11-,12-,13-,14+/m0/s1. The molecule has 1 saturated heterocycles. The van der Waals surface area contributed by atoms with E-state index in [9.17, 15) is 9.59 Å². The Labute approximate surface area is 124 Å². The van der Waals surface area contributed by atoms with Crippen molar-refractivity contribution in [2.45, 2.75) is 38.9 Å². The fourth-order valence-electron chi connectivity index (χ4n) is 2.55. The fourth-order valence-corrected chi connectivity index (χ4v) is 2.55. The molecule has 21 heavy (non-hydrogen) atoms. The molecule has 1 heterocycles. The maximum absolute atomic E-state index is 12.2. The summed E-state index contributed by atoms with van der Waals surface area (Å²) in [5.41, 5.74) is 1.53. The van der Waals surface area contributed by atoms with Gasteiger partial charge in [-0.2, -0.15) is 0 Å². The Balaban J connectivity index is 1.97. The highest BCUT2D eigenvalue weighted by Crippen LogP contribution is 2.43. The summed E-state index contributed by atoms with van der Waals surface area (Å²) >= 11 is 0. The van der Waals surface area contributed by atoms with E-state index in [1.54, 1.807) is 13.8 Å². The van der Waals surface area contributed by atoms with Gasteiger partial charge in [0.25, 0.3) is 0 Å². The van der Waals surface area contributed by atoms with Gasteiger partial charge in [0.05, 0.1) is 24.0 Å². The molecule has 5 nitrogen and oxygen atoms in total. The van der Waals surface area contributed by atoms with Crippen LogP contribution in [0.2, 0.25) is 0 Å². The Bertz CT molecular complexity index is 425. The van der Waals surface area contributed by atoms with Crippen LogP contribution in [0.5, 0.6) is 0 Å². The third-order valence-corrected chi connectivity index (χ3v) is 3.67. The van der Waals surface area contributed by atoms with E-state index in [1.807, 2.05) is 0 Å². The van der Waals surface area contributed by atoms with Crippen LogP contribution in [0.4, 0.5) is 0 Å². The average Bonchev–Trinajstić information content (AvgIpc) is 3.18. The van der Waals surface area contributed by atoms with Gasteiger partial charge in [0.2, 0.25) is 0 Å². The summed E-state index contributed by atoms with van der Waals surface area (Å²) in [6.45, 7) is 11.3. The summed E-state index contributed by atoms with van der Waals surface area (Å²) in [5, 5.41) is 0. The minimum absolute atomic E-state index is 0.0811. The molecule has 2 fully saturated rings. The highest BCUT2D eigenvalue weighted by atomic mass is 16.6. The second-order valence-electron chi connectivity index (χ2n) is 6.03. The number of hydrogen-bond donors (Lipinski definition) is 0. The molecule has 116 valence electrons. The summed E-state index contributed by atoms with van der Waals surface area (Å²) in [5.74, 6) is -1.73. The van der Waals surface area contributed by atoms with E-state index < -0.39 is 11.8 Å². The van der Waals surface area contributed by atoms with Crippen LogP contribution in [0.15, 0.2) is 24.3 Å². The topological polar surface area (TPSA) is 65.1 Å². The lowest BCUT2D eigenvalue weighted by molar-refractivity contribution is -0.161. The van der Waals surface area contributed by atoms with Gasteiger partial charge in [-0.25, -0.2) is 0 Å². The molecule has 1 aliphatic carbocycles.